The highest BCUT2D eigenvalue weighted by Crippen LogP contribution is 2.29. The van der Waals surface area contributed by atoms with E-state index in [-0.39, 0.29) is 18.3 Å². The Kier molecular flexibility index (Phi) is 5.52. The molecule has 0 atom stereocenters. The largest absolute Gasteiger partial charge is 0.339 e. The number of fused-ring (bicyclic) bond motifs is 2. The fourth-order valence-corrected chi connectivity index (χ4v) is 4.30. The summed E-state index contributed by atoms with van der Waals surface area (Å²) in [6.07, 6.45) is 1.87. The van der Waals surface area contributed by atoms with E-state index in [4.69, 9.17) is 0 Å². The van der Waals surface area contributed by atoms with Crippen LogP contribution in [0.3, 0.4) is 0 Å². The number of likely N-dealkylation sites (tertiary alicyclic amines) is 1. The van der Waals surface area contributed by atoms with Crippen LogP contribution in [-0.4, -0.2) is 50.2 Å². The topological polar surface area (TPSA) is 75.9 Å². The van der Waals surface area contributed by atoms with Crippen LogP contribution in [0.25, 0.3) is 10.9 Å². The zero-order chi connectivity index (χ0) is 19.1. The van der Waals surface area contributed by atoms with Gasteiger partial charge in [0.15, 0.2) is 0 Å². The van der Waals surface area contributed by atoms with Crippen molar-refractivity contribution in [3.05, 3.63) is 53.2 Å². The number of nitrogens with one attached hydrogen (secondary N) is 1. The molecular weight excluding hydrogens is 388 g/mol. The third kappa shape index (κ3) is 3.72. The Labute approximate surface area is 175 Å². The lowest BCUT2D eigenvalue weighted by Crippen LogP contribution is -2.38. The fourth-order valence-electron chi connectivity index (χ4n) is 4.30. The number of nitrogens with zero attached hydrogens (tertiary/aromatic N) is 5. The maximum Gasteiger partial charge on any atom is 0.253 e. The average molecular weight is 413 g/mol. The maximum absolute atomic E-state index is 13.0. The number of piperidine rings is 1. The molecule has 0 aliphatic carbocycles. The van der Waals surface area contributed by atoms with Gasteiger partial charge >= 0.3 is 0 Å². The molecule has 1 amide bonds. The van der Waals surface area contributed by atoms with Gasteiger partial charge in [0.1, 0.15) is 11.6 Å². The molecule has 1 saturated heterocycles. The van der Waals surface area contributed by atoms with Crippen molar-refractivity contribution in [2.45, 2.75) is 38.8 Å². The average Bonchev–Trinajstić information content (AvgIpc) is 3.17. The van der Waals surface area contributed by atoms with Gasteiger partial charge in [0.05, 0.1) is 12.1 Å². The van der Waals surface area contributed by atoms with Crippen molar-refractivity contribution < 1.29 is 4.79 Å². The van der Waals surface area contributed by atoms with Gasteiger partial charge in [0, 0.05) is 48.7 Å². The maximum atomic E-state index is 13.0. The Hall–Kier alpha value is -2.51. The molecule has 1 fully saturated rings. The highest BCUT2D eigenvalue weighted by molar-refractivity contribution is 5.98. The van der Waals surface area contributed by atoms with Gasteiger partial charge in [-0.05, 0) is 44.0 Å². The summed E-state index contributed by atoms with van der Waals surface area (Å²) in [6, 6.07) is 9.81. The molecule has 1 N–H and O–H groups in total. The van der Waals surface area contributed by atoms with Crippen molar-refractivity contribution in [3.63, 3.8) is 0 Å². The van der Waals surface area contributed by atoms with Gasteiger partial charge in [-0.25, -0.2) is 0 Å². The molecule has 7 nitrogen and oxygen atoms in total. The molecule has 1 aromatic carbocycles. The van der Waals surface area contributed by atoms with Crippen LogP contribution in [0.1, 0.15) is 46.5 Å². The second-order valence-corrected chi connectivity index (χ2v) is 7.73. The first kappa shape index (κ1) is 19.8. The van der Waals surface area contributed by atoms with Crippen molar-refractivity contribution in [2.24, 2.45) is 0 Å². The van der Waals surface area contributed by atoms with Crippen LogP contribution in [0, 0.1) is 6.92 Å². The lowest BCUT2D eigenvalue weighted by atomic mass is 9.95. The van der Waals surface area contributed by atoms with E-state index in [9.17, 15) is 4.79 Å². The second-order valence-electron chi connectivity index (χ2n) is 7.73. The molecular formula is C21H25ClN6O. The lowest BCUT2D eigenvalue weighted by Gasteiger charge is -2.32. The summed E-state index contributed by atoms with van der Waals surface area (Å²) in [5.41, 5.74) is 2.66. The first-order chi connectivity index (χ1) is 13.7. The number of aryl methyl sites for hydroxylation is 1. The Morgan fingerprint density at radius 2 is 1.93 bits per heavy atom. The molecule has 0 radical (unpaired) electrons. The first-order valence-electron chi connectivity index (χ1n) is 9.98. The quantitative estimate of drug-likeness (QED) is 0.700. The van der Waals surface area contributed by atoms with E-state index < -0.39 is 0 Å². The monoisotopic (exact) mass is 412 g/mol. The minimum absolute atomic E-state index is 0. The van der Waals surface area contributed by atoms with Crippen molar-refractivity contribution in [1.82, 2.24) is 30.0 Å². The predicted octanol–water partition coefficient (Wildman–Crippen LogP) is 2.68. The minimum Gasteiger partial charge on any atom is -0.339 e. The Morgan fingerprint density at radius 3 is 2.76 bits per heavy atom. The smallest absolute Gasteiger partial charge is 0.253 e. The van der Waals surface area contributed by atoms with E-state index in [2.05, 4.69) is 25.1 Å². The van der Waals surface area contributed by atoms with Crippen molar-refractivity contribution >= 4 is 29.2 Å². The van der Waals surface area contributed by atoms with E-state index in [1.165, 1.54) is 0 Å². The molecule has 2 aliphatic rings. The van der Waals surface area contributed by atoms with E-state index in [1.807, 2.05) is 42.2 Å². The van der Waals surface area contributed by atoms with E-state index in [1.54, 1.807) is 0 Å². The number of pyridine rings is 1. The van der Waals surface area contributed by atoms with Crippen LogP contribution < -0.4 is 5.32 Å². The van der Waals surface area contributed by atoms with Crippen LogP contribution in [0.15, 0.2) is 30.3 Å². The molecule has 3 aromatic rings. The number of amides is 1. The van der Waals surface area contributed by atoms with Crippen LogP contribution in [-0.2, 0) is 13.1 Å². The molecule has 29 heavy (non-hydrogen) atoms. The van der Waals surface area contributed by atoms with Gasteiger partial charge in [0.2, 0.25) is 0 Å². The van der Waals surface area contributed by atoms with Gasteiger partial charge < -0.3 is 14.8 Å². The number of aromatic nitrogens is 4. The summed E-state index contributed by atoms with van der Waals surface area (Å²) in [5, 5.41) is 13.1. The van der Waals surface area contributed by atoms with Gasteiger partial charge in [0.25, 0.3) is 5.91 Å². The Bertz CT molecular complexity index is 1040. The zero-order valence-corrected chi connectivity index (χ0v) is 17.3. The molecule has 2 aromatic heterocycles. The standard InChI is InChI=1S/C21H24N6O.ClH/c1-14-2-3-16-12-17(4-5-18(16)23-14)21(28)26-9-6-15(7-10-26)20-25-24-19-13-22-8-11-27(19)20;/h2-5,12,15,22H,6-11,13H2,1H3;1H. The third-order valence-corrected chi connectivity index (χ3v) is 5.87. The zero-order valence-electron chi connectivity index (χ0n) is 16.5. The number of halogens is 1. The number of hydrogen-bond donors (Lipinski definition) is 1. The fraction of sp³-hybridized carbons (Fsp3) is 0.429. The van der Waals surface area contributed by atoms with Crippen LogP contribution >= 0.6 is 12.4 Å². The van der Waals surface area contributed by atoms with Crippen molar-refractivity contribution in [2.75, 3.05) is 19.6 Å². The number of carbonyl (C=O) groups is 1. The summed E-state index contributed by atoms with van der Waals surface area (Å²) in [5.74, 6) is 2.61. The summed E-state index contributed by atoms with van der Waals surface area (Å²) >= 11 is 0. The predicted molar refractivity (Wildman–Crippen MR) is 113 cm³/mol. The number of rotatable bonds is 2. The van der Waals surface area contributed by atoms with Crippen LogP contribution in [0.5, 0.6) is 0 Å². The van der Waals surface area contributed by atoms with Crippen LogP contribution in [0.2, 0.25) is 0 Å². The normalized spacial score (nSPS) is 17.1. The molecule has 2 aliphatic heterocycles. The molecule has 8 heteroatoms. The molecule has 0 spiro atoms. The van der Waals surface area contributed by atoms with Gasteiger partial charge in [-0.2, -0.15) is 0 Å². The third-order valence-electron chi connectivity index (χ3n) is 5.87. The Morgan fingerprint density at radius 1 is 1.10 bits per heavy atom. The molecule has 5 rings (SSSR count). The second kappa shape index (κ2) is 8.08. The number of benzene rings is 1. The lowest BCUT2D eigenvalue weighted by molar-refractivity contribution is 0.0710. The van der Waals surface area contributed by atoms with E-state index in [0.29, 0.717) is 5.92 Å². The molecule has 0 bridgehead atoms. The molecule has 0 unspecified atom stereocenters. The van der Waals surface area contributed by atoms with Gasteiger partial charge in [-0.1, -0.05) is 6.07 Å². The summed E-state index contributed by atoms with van der Waals surface area (Å²) in [7, 11) is 0. The highest BCUT2D eigenvalue weighted by atomic mass is 35.5. The van der Waals surface area contributed by atoms with E-state index in [0.717, 1.165) is 79.4 Å². The SMILES string of the molecule is Cc1ccc2cc(C(=O)N3CCC(c4nnc5n4CCNC5)CC3)ccc2n1.Cl. The van der Waals surface area contributed by atoms with E-state index >= 15 is 0 Å². The molecule has 0 saturated carbocycles. The number of hydrogen-bond acceptors (Lipinski definition) is 5. The van der Waals surface area contributed by atoms with Crippen LogP contribution in [0.4, 0.5) is 0 Å². The molecule has 4 heterocycles. The summed E-state index contributed by atoms with van der Waals surface area (Å²) in [4.78, 5) is 19.5. The summed E-state index contributed by atoms with van der Waals surface area (Å²) in [6.45, 7) is 6.18. The number of carbonyl (C=O) groups excluding carboxylic acids is 1. The summed E-state index contributed by atoms with van der Waals surface area (Å²) < 4.78 is 2.26. The van der Waals surface area contributed by atoms with Gasteiger partial charge in [-0.15, -0.1) is 22.6 Å². The Balaban J connectivity index is 0.00000205. The minimum atomic E-state index is 0. The van der Waals surface area contributed by atoms with Gasteiger partial charge in [-0.3, -0.25) is 9.78 Å². The van der Waals surface area contributed by atoms with Crippen molar-refractivity contribution in [1.29, 1.82) is 0 Å². The van der Waals surface area contributed by atoms with Crippen molar-refractivity contribution in [3.8, 4) is 0 Å². The first-order valence-corrected chi connectivity index (χ1v) is 9.98. The highest BCUT2D eigenvalue weighted by Gasteiger charge is 2.29. The molecule has 152 valence electrons.